The quantitative estimate of drug-likeness (QED) is 0.449. The van der Waals surface area contributed by atoms with Crippen LogP contribution in [0.5, 0.6) is 5.88 Å². The number of aromatic amines is 1. The molecule has 0 atom stereocenters. The molecule has 3 N–H and O–H groups in total. The fourth-order valence-electron chi connectivity index (χ4n) is 1.08. The van der Waals surface area contributed by atoms with Crippen LogP contribution in [0.25, 0.3) is 0 Å². The molecule has 0 unspecified atom stereocenters. The van der Waals surface area contributed by atoms with Gasteiger partial charge in [-0.05, 0) is 0 Å². The monoisotopic (exact) mass is 168 g/mol. The number of rotatable bonds is 0. The minimum Gasteiger partial charge on any atom is -0.493 e. The molecule has 0 saturated carbocycles. The lowest BCUT2D eigenvalue weighted by molar-refractivity contribution is 0.437. The van der Waals surface area contributed by atoms with Crippen molar-refractivity contribution in [3.8, 4) is 5.88 Å². The lowest BCUT2D eigenvalue weighted by Gasteiger charge is -2.02. The van der Waals surface area contributed by atoms with Gasteiger partial charge in [0.25, 0.3) is 5.56 Å². The molecule has 6 heteroatoms. The maximum Gasteiger partial charge on any atom is 0.268 e. The van der Waals surface area contributed by atoms with E-state index in [0.29, 0.717) is 12.5 Å². The Kier molecular flexibility index (Phi) is 1.39. The van der Waals surface area contributed by atoms with Crippen molar-refractivity contribution in [3.63, 3.8) is 0 Å². The van der Waals surface area contributed by atoms with Crippen LogP contribution in [-0.4, -0.2) is 33.9 Å². The van der Waals surface area contributed by atoms with Crippen molar-refractivity contribution in [1.29, 1.82) is 0 Å². The van der Waals surface area contributed by atoms with Gasteiger partial charge in [-0.3, -0.25) is 9.89 Å². The van der Waals surface area contributed by atoms with E-state index in [1.807, 2.05) is 0 Å². The predicted molar refractivity (Wildman–Crippen MR) is 42.4 cm³/mol. The number of aromatic nitrogens is 2. The highest BCUT2D eigenvalue weighted by molar-refractivity contribution is 5.83. The van der Waals surface area contributed by atoms with Gasteiger partial charge in [-0.25, -0.2) is 4.99 Å². The number of hydrogen-bond donors (Lipinski definition) is 3. The summed E-state index contributed by atoms with van der Waals surface area (Å²) in [5.74, 6) is 0.350. The van der Waals surface area contributed by atoms with Gasteiger partial charge in [0.2, 0.25) is 11.8 Å². The smallest absolute Gasteiger partial charge is 0.268 e. The molecule has 1 aromatic heterocycles. The Morgan fingerprint density at radius 2 is 2.50 bits per heavy atom. The zero-order valence-electron chi connectivity index (χ0n) is 6.24. The second-order valence-corrected chi connectivity index (χ2v) is 2.45. The van der Waals surface area contributed by atoms with Crippen LogP contribution in [0.1, 0.15) is 0 Å². The molecule has 0 bridgehead atoms. The molecule has 1 aromatic rings. The molecular formula is C6H8N4O2. The topological polar surface area (TPSA) is 82.4 Å². The molecule has 0 spiro atoms. The Morgan fingerprint density at radius 1 is 1.67 bits per heavy atom. The van der Waals surface area contributed by atoms with E-state index in [1.165, 1.54) is 4.68 Å². The first-order valence-electron chi connectivity index (χ1n) is 3.57. The number of nitrogens with zero attached hydrogens (tertiary/aromatic N) is 2. The first-order valence-corrected chi connectivity index (χ1v) is 3.57. The number of aromatic hydroxyl groups is 1. The molecule has 0 aliphatic carbocycles. The number of aliphatic imine (C=N–C) groups is 1. The number of hydrogen-bond acceptors (Lipinski definition) is 4. The maximum atomic E-state index is 10.7. The predicted octanol–water partition coefficient (Wildman–Crippen LogP) is -1.31. The van der Waals surface area contributed by atoms with Crippen LogP contribution in [0.15, 0.2) is 15.9 Å². The summed E-state index contributed by atoms with van der Waals surface area (Å²) in [6, 6.07) is 1.10. The molecule has 2 heterocycles. The lowest BCUT2D eigenvalue weighted by Crippen LogP contribution is -2.27. The van der Waals surface area contributed by atoms with E-state index in [-0.39, 0.29) is 11.4 Å². The minimum atomic E-state index is -0.344. The van der Waals surface area contributed by atoms with Gasteiger partial charge in [-0.1, -0.05) is 0 Å². The zero-order valence-corrected chi connectivity index (χ0v) is 6.24. The average Bonchev–Trinajstić information content (AvgIpc) is 2.58. The van der Waals surface area contributed by atoms with Crippen LogP contribution in [0.4, 0.5) is 0 Å². The molecule has 0 radical (unpaired) electrons. The van der Waals surface area contributed by atoms with Crippen LogP contribution in [0.3, 0.4) is 0 Å². The number of nitrogens with one attached hydrogen (secondary N) is 2. The summed E-state index contributed by atoms with van der Waals surface area (Å²) in [6.07, 6.45) is 0. The van der Waals surface area contributed by atoms with Crippen molar-refractivity contribution in [2.24, 2.45) is 4.99 Å². The molecule has 0 amide bonds. The summed E-state index contributed by atoms with van der Waals surface area (Å²) in [7, 11) is 0. The zero-order chi connectivity index (χ0) is 8.55. The van der Waals surface area contributed by atoms with Crippen LogP contribution >= 0.6 is 0 Å². The standard InChI is InChI=1S/C6H8N4O2/c11-4-3-5(12)10(9-4)6-7-1-2-8-6/h3,12H,1-2H2,(H,7,8)(H,9,11). The molecule has 6 nitrogen and oxygen atoms in total. The van der Waals surface area contributed by atoms with Gasteiger partial charge in [-0.2, -0.15) is 4.68 Å². The van der Waals surface area contributed by atoms with E-state index in [2.05, 4.69) is 15.4 Å². The van der Waals surface area contributed by atoms with Crippen molar-refractivity contribution < 1.29 is 5.11 Å². The Balaban J connectivity index is 2.45. The van der Waals surface area contributed by atoms with Crippen molar-refractivity contribution in [1.82, 2.24) is 15.1 Å². The molecule has 0 saturated heterocycles. The minimum absolute atomic E-state index is 0.131. The maximum absolute atomic E-state index is 10.7. The molecule has 0 aromatic carbocycles. The molecule has 64 valence electrons. The molecular weight excluding hydrogens is 160 g/mol. The molecule has 0 fully saturated rings. The second kappa shape index (κ2) is 2.40. The van der Waals surface area contributed by atoms with E-state index in [9.17, 15) is 9.90 Å². The molecule has 2 rings (SSSR count). The summed E-state index contributed by atoms with van der Waals surface area (Å²) < 4.78 is 1.22. The van der Waals surface area contributed by atoms with Gasteiger partial charge in [0.05, 0.1) is 12.6 Å². The third-order valence-electron chi connectivity index (χ3n) is 1.58. The number of H-pyrrole nitrogens is 1. The van der Waals surface area contributed by atoms with Gasteiger partial charge in [0.15, 0.2) is 0 Å². The third kappa shape index (κ3) is 0.969. The fraction of sp³-hybridized carbons (Fsp3) is 0.333. The molecule has 1 aliphatic heterocycles. The van der Waals surface area contributed by atoms with Gasteiger partial charge < -0.3 is 10.4 Å². The van der Waals surface area contributed by atoms with Crippen molar-refractivity contribution in [3.05, 3.63) is 16.4 Å². The Bertz CT molecular complexity index is 375. The van der Waals surface area contributed by atoms with Crippen molar-refractivity contribution >= 4 is 5.96 Å². The summed E-state index contributed by atoms with van der Waals surface area (Å²) in [6.45, 7) is 1.39. The van der Waals surface area contributed by atoms with Gasteiger partial charge in [-0.15, -0.1) is 0 Å². The first kappa shape index (κ1) is 6.96. The van der Waals surface area contributed by atoms with Crippen LogP contribution in [0.2, 0.25) is 0 Å². The summed E-state index contributed by atoms with van der Waals surface area (Å²) in [4.78, 5) is 14.8. The van der Waals surface area contributed by atoms with E-state index < -0.39 is 0 Å². The van der Waals surface area contributed by atoms with Gasteiger partial charge in [0.1, 0.15) is 0 Å². The normalized spacial score (nSPS) is 15.8. The Hall–Kier alpha value is -1.72. The fourth-order valence-corrected chi connectivity index (χ4v) is 1.08. The average molecular weight is 168 g/mol. The summed E-state index contributed by atoms with van der Waals surface area (Å²) in [5.41, 5.74) is -0.344. The Morgan fingerprint density at radius 3 is 3.00 bits per heavy atom. The highest BCUT2D eigenvalue weighted by atomic mass is 16.3. The largest absolute Gasteiger partial charge is 0.493 e. The van der Waals surface area contributed by atoms with Crippen LogP contribution < -0.4 is 10.9 Å². The lowest BCUT2D eigenvalue weighted by atomic mass is 10.7. The van der Waals surface area contributed by atoms with Crippen LogP contribution in [0, 0.1) is 0 Å². The highest BCUT2D eigenvalue weighted by Gasteiger charge is 2.11. The summed E-state index contributed by atoms with van der Waals surface area (Å²) >= 11 is 0. The van der Waals surface area contributed by atoms with E-state index in [0.717, 1.165) is 12.6 Å². The highest BCUT2D eigenvalue weighted by Crippen LogP contribution is 2.02. The van der Waals surface area contributed by atoms with E-state index >= 15 is 0 Å². The van der Waals surface area contributed by atoms with E-state index in [1.54, 1.807) is 0 Å². The first-order chi connectivity index (χ1) is 5.77. The van der Waals surface area contributed by atoms with Crippen LogP contribution in [-0.2, 0) is 0 Å². The third-order valence-corrected chi connectivity index (χ3v) is 1.58. The SMILES string of the molecule is O=c1cc(O)n(C2=NCCN2)[nH]1. The van der Waals surface area contributed by atoms with Gasteiger partial charge in [0, 0.05) is 6.54 Å². The molecule has 12 heavy (non-hydrogen) atoms. The van der Waals surface area contributed by atoms with Crippen molar-refractivity contribution in [2.45, 2.75) is 0 Å². The van der Waals surface area contributed by atoms with Crippen molar-refractivity contribution in [2.75, 3.05) is 13.1 Å². The molecule has 1 aliphatic rings. The van der Waals surface area contributed by atoms with Gasteiger partial charge >= 0.3 is 0 Å². The second-order valence-electron chi connectivity index (χ2n) is 2.45. The Labute approximate surface area is 67.5 Å². The van der Waals surface area contributed by atoms with E-state index in [4.69, 9.17) is 0 Å². The summed E-state index contributed by atoms with van der Waals surface area (Å²) in [5, 5.41) is 14.5.